The Labute approximate surface area is 138 Å². The second-order valence-electron chi connectivity index (χ2n) is 6.51. The van der Waals surface area contributed by atoms with Gasteiger partial charge in [0, 0.05) is 12.7 Å². The van der Waals surface area contributed by atoms with Crippen molar-refractivity contribution in [3.05, 3.63) is 52.1 Å². The number of nitriles is 1. The molecule has 0 saturated heterocycles. The molecule has 3 nitrogen and oxygen atoms in total. The maximum Gasteiger partial charge on any atom is 0.103 e. The van der Waals surface area contributed by atoms with Crippen LogP contribution in [0.15, 0.2) is 24.3 Å². The summed E-state index contributed by atoms with van der Waals surface area (Å²) in [6, 6.07) is 10.6. The highest BCUT2D eigenvalue weighted by atomic mass is 15.4. The largest absolute Gasteiger partial charge is 0.352 e. The van der Waals surface area contributed by atoms with Gasteiger partial charge in [0.15, 0.2) is 0 Å². The average molecular weight is 305 g/mol. The second kappa shape index (κ2) is 5.31. The zero-order chi connectivity index (χ0) is 16.9. The Morgan fingerprint density at radius 3 is 2.35 bits per heavy atom. The maximum absolute atomic E-state index is 9.58. The normalized spacial score (nSPS) is 16.5. The van der Waals surface area contributed by atoms with Crippen molar-refractivity contribution in [3.8, 4) is 6.07 Å². The molecule has 0 aromatic heterocycles. The van der Waals surface area contributed by atoms with Gasteiger partial charge in [-0.1, -0.05) is 12.1 Å². The number of aryl methyl sites for hydroxylation is 2. The molecular weight excluding hydrogens is 282 g/mol. The van der Waals surface area contributed by atoms with Gasteiger partial charge >= 0.3 is 0 Å². The third-order valence-corrected chi connectivity index (χ3v) is 5.25. The lowest BCUT2D eigenvalue weighted by atomic mass is 9.97. The summed E-state index contributed by atoms with van der Waals surface area (Å²) in [5, 5.41) is 9.58. The van der Waals surface area contributed by atoms with Crippen LogP contribution in [0.5, 0.6) is 0 Å². The summed E-state index contributed by atoms with van der Waals surface area (Å²) < 4.78 is 0. The van der Waals surface area contributed by atoms with Gasteiger partial charge in [-0.15, -0.1) is 0 Å². The van der Waals surface area contributed by atoms with E-state index >= 15 is 0 Å². The quantitative estimate of drug-likeness (QED) is 0.763. The highest BCUT2D eigenvalue weighted by Crippen LogP contribution is 2.47. The van der Waals surface area contributed by atoms with Crippen molar-refractivity contribution in [2.75, 3.05) is 16.8 Å². The smallest absolute Gasteiger partial charge is 0.103 e. The molecule has 0 spiro atoms. The lowest BCUT2D eigenvalue weighted by Gasteiger charge is -2.31. The molecule has 0 N–H and O–H groups in total. The maximum atomic E-state index is 9.58. The average Bonchev–Trinajstić information content (AvgIpc) is 2.78. The first-order chi connectivity index (χ1) is 10.9. The van der Waals surface area contributed by atoms with Gasteiger partial charge in [0.1, 0.15) is 12.2 Å². The Morgan fingerprint density at radius 2 is 1.70 bits per heavy atom. The molecule has 0 saturated carbocycles. The summed E-state index contributed by atoms with van der Waals surface area (Å²) in [5.74, 6) is 0. The van der Waals surface area contributed by atoms with Crippen LogP contribution in [-0.4, -0.2) is 13.2 Å². The van der Waals surface area contributed by atoms with Crippen molar-refractivity contribution < 1.29 is 0 Å². The number of hydrogen-bond acceptors (Lipinski definition) is 3. The first-order valence-electron chi connectivity index (χ1n) is 8.01. The molecule has 0 unspecified atom stereocenters. The molecule has 1 heterocycles. The van der Waals surface area contributed by atoms with Crippen LogP contribution in [0.3, 0.4) is 0 Å². The Kier molecular flexibility index (Phi) is 3.56. The van der Waals surface area contributed by atoms with E-state index in [1.807, 2.05) is 12.1 Å². The van der Waals surface area contributed by atoms with Crippen LogP contribution in [0, 0.1) is 39.0 Å². The molecule has 2 aromatic carbocycles. The molecule has 3 heteroatoms. The van der Waals surface area contributed by atoms with Crippen molar-refractivity contribution in [1.29, 1.82) is 5.26 Å². The molecule has 1 aliphatic rings. The van der Waals surface area contributed by atoms with E-state index in [4.69, 9.17) is 0 Å². The first-order valence-corrected chi connectivity index (χ1v) is 8.01. The van der Waals surface area contributed by atoms with Gasteiger partial charge in [-0.3, -0.25) is 0 Å². The van der Waals surface area contributed by atoms with E-state index in [1.165, 1.54) is 27.9 Å². The predicted octanol–water partition coefficient (Wildman–Crippen LogP) is 4.73. The third kappa shape index (κ3) is 2.09. The van der Waals surface area contributed by atoms with Crippen LogP contribution in [0.1, 0.15) is 34.7 Å². The van der Waals surface area contributed by atoms with Crippen molar-refractivity contribution in [2.45, 2.75) is 40.8 Å². The summed E-state index contributed by atoms with van der Waals surface area (Å²) in [6.45, 7) is 10.9. The Morgan fingerprint density at radius 1 is 1.00 bits per heavy atom. The van der Waals surface area contributed by atoms with Crippen LogP contribution in [0.25, 0.3) is 0 Å². The minimum absolute atomic E-state index is 0.180. The van der Waals surface area contributed by atoms with E-state index in [-0.39, 0.29) is 6.17 Å². The van der Waals surface area contributed by atoms with E-state index in [1.54, 1.807) is 0 Å². The van der Waals surface area contributed by atoms with Gasteiger partial charge < -0.3 is 9.80 Å². The number of hydrogen-bond donors (Lipinski definition) is 0. The number of fused-ring (bicyclic) bond motifs is 1. The van der Waals surface area contributed by atoms with E-state index in [9.17, 15) is 5.26 Å². The number of para-hydroxylation sites is 1. The number of nitrogens with zero attached hydrogens (tertiary/aromatic N) is 3. The minimum Gasteiger partial charge on any atom is -0.352 e. The lowest BCUT2D eigenvalue weighted by Crippen LogP contribution is -2.36. The molecule has 0 bridgehead atoms. The van der Waals surface area contributed by atoms with Gasteiger partial charge in [-0.05, 0) is 69.0 Å². The Balaban J connectivity index is 2.33. The molecule has 1 aliphatic heterocycles. The van der Waals surface area contributed by atoms with E-state index < -0.39 is 0 Å². The Bertz CT molecular complexity index is 830. The monoisotopic (exact) mass is 305 g/mol. The fraction of sp³-hybridized carbons (Fsp3) is 0.350. The summed E-state index contributed by atoms with van der Waals surface area (Å²) in [6.07, 6.45) is 0.180. The van der Waals surface area contributed by atoms with E-state index in [0.29, 0.717) is 0 Å². The lowest BCUT2D eigenvalue weighted by molar-refractivity contribution is 0.730. The van der Waals surface area contributed by atoms with Gasteiger partial charge in [0.2, 0.25) is 0 Å². The van der Waals surface area contributed by atoms with E-state index in [0.717, 1.165) is 16.9 Å². The third-order valence-electron chi connectivity index (χ3n) is 5.25. The SMILES string of the molecule is Cc1cc(C)c(N2c3c(C#N)cccc3N(C)[C@@H]2C)c(C)c1C. The second-order valence-corrected chi connectivity index (χ2v) is 6.51. The number of rotatable bonds is 1. The molecule has 118 valence electrons. The highest BCUT2D eigenvalue weighted by Gasteiger charge is 2.35. The van der Waals surface area contributed by atoms with Crippen molar-refractivity contribution in [2.24, 2.45) is 0 Å². The van der Waals surface area contributed by atoms with Crippen molar-refractivity contribution in [1.82, 2.24) is 0 Å². The van der Waals surface area contributed by atoms with Crippen LogP contribution in [-0.2, 0) is 0 Å². The van der Waals surface area contributed by atoms with Crippen molar-refractivity contribution >= 4 is 17.1 Å². The molecule has 3 rings (SSSR count). The zero-order valence-electron chi connectivity index (χ0n) is 14.7. The molecule has 1 atom stereocenters. The Hall–Kier alpha value is -2.47. The fourth-order valence-electron chi connectivity index (χ4n) is 3.66. The minimum atomic E-state index is 0.180. The standard InChI is InChI=1S/C20H23N3/c1-12-10-13(2)19(15(4)14(12)3)23-16(5)22(6)18-9-7-8-17(11-21)20(18)23/h7-10,16H,1-6H3/t16-/m0/s1. The summed E-state index contributed by atoms with van der Waals surface area (Å²) in [4.78, 5) is 4.56. The number of anilines is 3. The van der Waals surface area contributed by atoms with Crippen LogP contribution in [0.2, 0.25) is 0 Å². The van der Waals surface area contributed by atoms with Gasteiger partial charge in [-0.2, -0.15) is 5.26 Å². The predicted molar refractivity (Wildman–Crippen MR) is 96.6 cm³/mol. The van der Waals surface area contributed by atoms with E-state index in [2.05, 4.69) is 69.7 Å². The molecule has 23 heavy (non-hydrogen) atoms. The van der Waals surface area contributed by atoms with Gasteiger partial charge in [-0.25, -0.2) is 0 Å². The molecular formula is C20H23N3. The van der Waals surface area contributed by atoms with Crippen LogP contribution in [0.4, 0.5) is 17.1 Å². The van der Waals surface area contributed by atoms with Gasteiger partial charge in [0.05, 0.1) is 16.9 Å². The summed E-state index contributed by atoms with van der Waals surface area (Å²) in [7, 11) is 2.09. The van der Waals surface area contributed by atoms with Crippen LogP contribution >= 0.6 is 0 Å². The molecule has 2 aromatic rings. The molecule has 0 amide bonds. The topological polar surface area (TPSA) is 30.3 Å². The van der Waals surface area contributed by atoms with Crippen LogP contribution < -0.4 is 9.80 Å². The molecule has 0 radical (unpaired) electrons. The number of benzene rings is 2. The highest BCUT2D eigenvalue weighted by molar-refractivity contribution is 5.89. The molecule has 0 fully saturated rings. The van der Waals surface area contributed by atoms with Crippen molar-refractivity contribution in [3.63, 3.8) is 0 Å². The molecule has 0 aliphatic carbocycles. The summed E-state index contributed by atoms with van der Waals surface area (Å²) in [5.41, 5.74) is 9.30. The fourth-order valence-corrected chi connectivity index (χ4v) is 3.66. The summed E-state index contributed by atoms with van der Waals surface area (Å²) >= 11 is 0. The first kappa shape index (κ1) is 15.4. The zero-order valence-corrected chi connectivity index (χ0v) is 14.7. The van der Waals surface area contributed by atoms with Gasteiger partial charge in [0.25, 0.3) is 0 Å².